The van der Waals surface area contributed by atoms with Crippen molar-refractivity contribution in [3.63, 3.8) is 0 Å². The van der Waals surface area contributed by atoms with E-state index in [2.05, 4.69) is 24.8 Å². The Morgan fingerprint density at radius 2 is 1.78 bits per heavy atom. The van der Waals surface area contributed by atoms with E-state index in [1.54, 1.807) is 18.2 Å². The van der Waals surface area contributed by atoms with Crippen LogP contribution in [0.4, 0.5) is 24.5 Å². The van der Waals surface area contributed by atoms with Gasteiger partial charge in [-0.05, 0) is 42.0 Å². The van der Waals surface area contributed by atoms with Crippen molar-refractivity contribution in [1.29, 1.82) is 0 Å². The fourth-order valence-electron chi connectivity index (χ4n) is 3.88. The van der Waals surface area contributed by atoms with Crippen LogP contribution in [0.3, 0.4) is 0 Å². The highest BCUT2D eigenvalue weighted by Gasteiger charge is 2.30. The number of aromatic nitrogens is 1. The molecule has 4 rings (SSSR count). The number of hydrogen-bond donors (Lipinski definition) is 1. The molecule has 0 radical (unpaired) electrons. The second kappa shape index (κ2) is 11.5. The van der Waals surface area contributed by atoms with Gasteiger partial charge in [0, 0.05) is 44.5 Å². The Labute approximate surface area is 211 Å². The van der Waals surface area contributed by atoms with Gasteiger partial charge in [0.2, 0.25) is 0 Å². The summed E-state index contributed by atoms with van der Waals surface area (Å²) in [4.78, 5) is 21.1. The maximum Gasteiger partial charge on any atom is 0.573 e. The molecule has 1 aliphatic rings. The van der Waals surface area contributed by atoms with E-state index in [-0.39, 0.29) is 16.8 Å². The third-order valence-electron chi connectivity index (χ3n) is 5.64. The molecule has 0 unspecified atom stereocenters. The van der Waals surface area contributed by atoms with Crippen LogP contribution in [0, 0.1) is 0 Å². The summed E-state index contributed by atoms with van der Waals surface area (Å²) in [5, 5.41) is 3.23. The number of ether oxygens (including phenoxy) is 1. The molecule has 10 heteroatoms. The van der Waals surface area contributed by atoms with E-state index in [0.717, 1.165) is 49.7 Å². The second-order valence-electron chi connectivity index (χ2n) is 8.15. The van der Waals surface area contributed by atoms with Crippen molar-refractivity contribution >= 4 is 35.0 Å². The summed E-state index contributed by atoms with van der Waals surface area (Å²) < 4.78 is 40.7. The van der Waals surface area contributed by atoms with Crippen molar-refractivity contribution in [3.8, 4) is 5.75 Å². The third kappa shape index (κ3) is 7.22. The Morgan fingerprint density at radius 3 is 2.47 bits per heavy atom. The van der Waals surface area contributed by atoms with Gasteiger partial charge >= 0.3 is 6.36 Å². The van der Waals surface area contributed by atoms with Crippen LogP contribution in [0.1, 0.15) is 15.9 Å². The molecule has 188 valence electrons. The number of pyridine rings is 1. The van der Waals surface area contributed by atoms with Crippen LogP contribution in [0.5, 0.6) is 5.75 Å². The van der Waals surface area contributed by atoms with Gasteiger partial charge in [0.25, 0.3) is 5.91 Å². The molecular formula is C26H24ClF3N4O2. The lowest BCUT2D eigenvalue weighted by Crippen LogP contribution is -2.46. The van der Waals surface area contributed by atoms with Gasteiger partial charge < -0.3 is 15.0 Å². The fraction of sp³-hybridized carbons (Fsp3) is 0.231. The topological polar surface area (TPSA) is 57.7 Å². The summed E-state index contributed by atoms with van der Waals surface area (Å²) in [5.41, 5.74) is 2.90. The van der Waals surface area contributed by atoms with E-state index in [1.165, 1.54) is 24.4 Å². The highest BCUT2D eigenvalue weighted by Crippen LogP contribution is 2.27. The van der Waals surface area contributed by atoms with Crippen molar-refractivity contribution in [1.82, 2.24) is 9.88 Å². The lowest BCUT2D eigenvalue weighted by molar-refractivity contribution is -0.274. The molecule has 0 saturated carbocycles. The summed E-state index contributed by atoms with van der Waals surface area (Å²) in [7, 11) is 0. The van der Waals surface area contributed by atoms with E-state index in [0.29, 0.717) is 5.56 Å². The Kier molecular flexibility index (Phi) is 8.12. The molecule has 6 nitrogen and oxygen atoms in total. The number of halogens is 4. The number of nitrogens with zero attached hydrogens (tertiary/aromatic N) is 3. The molecule has 3 aromatic rings. The minimum absolute atomic E-state index is 0.239. The van der Waals surface area contributed by atoms with E-state index in [1.807, 2.05) is 36.4 Å². The first-order valence-electron chi connectivity index (χ1n) is 11.3. The Balaban J connectivity index is 1.30. The summed E-state index contributed by atoms with van der Waals surface area (Å²) in [6.45, 7) is 3.93. The van der Waals surface area contributed by atoms with Crippen LogP contribution >= 0.6 is 11.6 Å². The molecular weight excluding hydrogens is 493 g/mol. The monoisotopic (exact) mass is 516 g/mol. The Bertz CT molecular complexity index is 1210. The molecule has 1 fully saturated rings. The molecule has 1 aliphatic heterocycles. The second-order valence-corrected chi connectivity index (χ2v) is 8.53. The number of rotatable bonds is 7. The highest BCUT2D eigenvalue weighted by molar-refractivity contribution is 6.29. The molecule has 0 bridgehead atoms. The van der Waals surface area contributed by atoms with Gasteiger partial charge in [-0.3, -0.25) is 9.69 Å². The molecule has 0 aliphatic carbocycles. The zero-order valence-corrected chi connectivity index (χ0v) is 20.0. The van der Waals surface area contributed by atoms with Crippen LogP contribution in [-0.4, -0.2) is 54.9 Å². The van der Waals surface area contributed by atoms with E-state index >= 15 is 0 Å². The average molecular weight is 517 g/mol. The number of benzene rings is 2. The summed E-state index contributed by atoms with van der Waals surface area (Å²) in [5.74, 6) is -0.495. The molecule has 2 aromatic carbocycles. The zero-order chi connectivity index (χ0) is 25.5. The van der Waals surface area contributed by atoms with Gasteiger partial charge in [0.05, 0.1) is 11.4 Å². The first kappa shape index (κ1) is 25.5. The van der Waals surface area contributed by atoms with Crippen molar-refractivity contribution in [2.75, 3.05) is 42.9 Å². The maximum atomic E-state index is 12.7. The molecule has 36 heavy (non-hydrogen) atoms. The van der Waals surface area contributed by atoms with E-state index in [4.69, 9.17) is 11.6 Å². The molecule has 1 aromatic heterocycles. The lowest BCUT2D eigenvalue weighted by atomic mass is 10.2. The standard InChI is InChI=1S/C26H24ClF3N4O2/c27-24-18-20(11-12-31-24)25(35)32-22-5-1-2-6-23(22)34-16-14-33(15-17-34)13-3-4-19-7-9-21(10-8-19)36-26(28,29)30/h1-12,18H,13-17H2,(H,32,35). The number of carbonyl (C=O) groups excluding carboxylic acids is 1. The smallest absolute Gasteiger partial charge is 0.406 e. The number of hydrogen-bond acceptors (Lipinski definition) is 5. The SMILES string of the molecule is O=C(Nc1ccccc1N1CCN(CC=Cc2ccc(OC(F)(F)F)cc2)CC1)c1ccnc(Cl)c1. The van der Waals surface area contributed by atoms with Crippen LogP contribution in [0.2, 0.25) is 5.15 Å². The van der Waals surface area contributed by atoms with Crippen molar-refractivity contribution in [2.45, 2.75) is 6.36 Å². The van der Waals surface area contributed by atoms with Gasteiger partial charge in [-0.1, -0.05) is 48.0 Å². The molecule has 0 spiro atoms. The normalized spacial score (nSPS) is 14.7. The predicted molar refractivity (Wildman–Crippen MR) is 134 cm³/mol. The van der Waals surface area contributed by atoms with Gasteiger partial charge in [-0.25, -0.2) is 4.98 Å². The van der Waals surface area contributed by atoms with Crippen LogP contribution < -0.4 is 15.0 Å². The minimum atomic E-state index is -4.69. The van der Waals surface area contributed by atoms with Gasteiger partial charge in [-0.2, -0.15) is 0 Å². The van der Waals surface area contributed by atoms with Crippen molar-refractivity contribution in [3.05, 3.63) is 89.2 Å². The quantitative estimate of drug-likeness (QED) is 0.407. The molecule has 2 heterocycles. The lowest BCUT2D eigenvalue weighted by Gasteiger charge is -2.36. The summed E-state index contributed by atoms with van der Waals surface area (Å²) >= 11 is 5.91. The molecule has 1 N–H and O–H groups in total. The fourth-order valence-corrected chi connectivity index (χ4v) is 4.06. The predicted octanol–water partition coefficient (Wildman–Crippen LogP) is 5.72. The van der Waals surface area contributed by atoms with Crippen LogP contribution in [0.25, 0.3) is 6.08 Å². The minimum Gasteiger partial charge on any atom is -0.406 e. The van der Waals surface area contributed by atoms with Gasteiger partial charge in [0.15, 0.2) is 0 Å². The number of anilines is 2. The van der Waals surface area contributed by atoms with Gasteiger partial charge in [-0.15, -0.1) is 13.2 Å². The molecule has 0 atom stereocenters. The Morgan fingerprint density at radius 1 is 1.06 bits per heavy atom. The van der Waals surface area contributed by atoms with Gasteiger partial charge in [0.1, 0.15) is 10.9 Å². The summed E-state index contributed by atoms with van der Waals surface area (Å²) in [6, 6.07) is 16.6. The van der Waals surface area contributed by atoms with E-state index < -0.39 is 6.36 Å². The number of carbonyl (C=O) groups is 1. The summed E-state index contributed by atoms with van der Waals surface area (Å²) in [6.07, 6.45) is 0.664. The molecule has 1 amide bonds. The number of nitrogens with one attached hydrogen (secondary N) is 1. The Hall–Kier alpha value is -3.56. The maximum absolute atomic E-state index is 12.7. The van der Waals surface area contributed by atoms with Crippen LogP contribution in [0.15, 0.2) is 72.9 Å². The number of para-hydroxylation sites is 2. The number of piperazine rings is 1. The van der Waals surface area contributed by atoms with E-state index in [9.17, 15) is 18.0 Å². The largest absolute Gasteiger partial charge is 0.573 e. The first-order valence-corrected chi connectivity index (χ1v) is 11.7. The van der Waals surface area contributed by atoms with Crippen molar-refractivity contribution in [2.24, 2.45) is 0 Å². The van der Waals surface area contributed by atoms with Crippen molar-refractivity contribution < 1.29 is 22.7 Å². The molecule has 1 saturated heterocycles. The highest BCUT2D eigenvalue weighted by atomic mass is 35.5. The van der Waals surface area contributed by atoms with Crippen LogP contribution in [-0.2, 0) is 0 Å². The average Bonchev–Trinajstić information content (AvgIpc) is 2.85. The number of amides is 1. The first-order chi connectivity index (χ1) is 17.3. The number of alkyl halides is 3. The third-order valence-corrected chi connectivity index (χ3v) is 5.85. The zero-order valence-electron chi connectivity index (χ0n) is 19.2.